The molecule has 0 bridgehead atoms. The fraction of sp³-hybridized carbons (Fsp3) is 0.529. The number of rotatable bonds is 1. The Hall–Kier alpha value is -1.70. The van der Waals surface area contributed by atoms with Crippen molar-refractivity contribution in [3.05, 3.63) is 33.8 Å². The van der Waals surface area contributed by atoms with Gasteiger partial charge in [0.25, 0.3) is 5.91 Å². The Morgan fingerprint density at radius 1 is 1.20 bits per heavy atom. The van der Waals surface area contributed by atoms with Gasteiger partial charge in [0.2, 0.25) is 0 Å². The van der Waals surface area contributed by atoms with E-state index in [0.717, 1.165) is 0 Å². The van der Waals surface area contributed by atoms with Gasteiger partial charge in [-0.1, -0.05) is 0 Å². The molecule has 1 aliphatic rings. The van der Waals surface area contributed by atoms with Gasteiger partial charge >= 0.3 is 6.09 Å². The van der Waals surface area contributed by atoms with Crippen LogP contribution in [0.4, 0.5) is 13.6 Å². The second-order valence-electron chi connectivity index (χ2n) is 7.00. The molecule has 1 aromatic carbocycles. The van der Waals surface area contributed by atoms with E-state index in [0.29, 0.717) is 0 Å². The molecule has 2 amide bonds. The third kappa shape index (κ3) is 4.48. The molecule has 0 aliphatic carbocycles. The van der Waals surface area contributed by atoms with Gasteiger partial charge < -0.3 is 14.5 Å². The molecule has 1 atom stereocenters. The molecular formula is C17H21BrF2N2O3. The maximum Gasteiger partial charge on any atom is 0.410 e. The van der Waals surface area contributed by atoms with Crippen molar-refractivity contribution in [3.8, 4) is 0 Å². The number of carbonyl (C=O) groups is 2. The first kappa shape index (κ1) is 19.6. The molecule has 25 heavy (non-hydrogen) atoms. The first-order chi connectivity index (χ1) is 11.5. The van der Waals surface area contributed by atoms with Crippen molar-refractivity contribution in [2.24, 2.45) is 0 Å². The normalized spacial score (nSPS) is 18.3. The summed E-state index contributed by atoms with van der Waals surface area (Å²) in [5, 5.41) is 0. The Bertz CT molecular complexity index is 691. The van der Waals surface area contributed by atoms with Crippen LogP contribution in [0.25, 0.3) is 0 Å². The summed E-state index contributed by atoms with van der Waals surface area (Å²) in [6.45, 7) is 7.84. The first-order valence-corrected chi connectivity index (χ1v) is 8.73. The van der Waals surface area contributed by atoms with Gasteiger partial charge in [-0.25, -0.2) is 13.6 Å². The molecule has 1 saturated heterocycles. The molecular weight excluding hydrogens is 398 g/mol. The third-order valence-corrected chi connectivity index (χ3v) is 4.42. The molecule has 1 fully saturated rings. The van der Waals surface area contributed by atoms with Gasteiger partial charge in [0.1, 0.15) is 5.60 Å². The second kappa shape index (κ2) is 7.27. The Morgan fingerprint density at radius 2 is 1.84 bits per heavy atom. The Labute approximate surface area is 154 Å². The predicted molar refractivity (Wildman–Crippen MR) is 92.4 cm³/mol. The number of benzene rings is 1. The number of hydrogen-bond donors (Lipinski definition) is 0. The monoisotopic (exact) mass is 418 g/mol. The molecule has 1 heterocycles. The summed E-state index contributed by atoms with van der Waals surface area (Å²) >= 11 is 2.89. The number of hydrogen-bond acceptors (Lipinski definition) is 3. The van der Waals surface area contributed by atoms with Crippen LogP contribution in [0.15, 0.2) is 16.6 Å². The highest BCUT2D eigenvalue weighted by Crippen LogP contribution is 2.24. The molecule has 138 valence electrons. The van der Waals surface area contributed by atoms with Crippen molar-refractivity contribution in [3.63, 3.8) is 0 Å². The Balaban J connectivity index is 2.10. The maximum absolute atomic E-state index is 14.0. The van der Waals surface area contributed by atoms with Crippen molar-refractivity contribution in [1.29, 1.82) is 0 Å². The lowest BCUT2D eigenvalue weighted by Gasteiger charge is -2.40. The summed E-state index contributed by atoms with van der Waals surface area (Å²) < 4.78 is 33.0. The highest BCUT2D eigenvalue weighted by molar-refractivity contribution is 9.10. The van der Waals surface area contributed by atoms with E-state index in [1.54, 1.807) is 27.7 Å². The zero-order chi connectivity index (χ0) is 18.9. The summed E-state index contributed by atoms with van der Waals surface area (Å²) in [5.74, 6) is -2.87. The van der Waals surface area contributed by atoms with Crippen molar-refractivity contribution >= 4 is 27.9 Å². The average Bonchev–Trinajstić information content (AvgIpc) is 2.50. The highest BCUT2D eigenvalue weighted by atomic mass is 79.9. The van der Waals surface area contributed by atoms with Gasteiger partial charge in [0.15, 0.2) is 11.6 Å². The van der Waals surface area contributed by atoms with E-state index in [-0.39, 0.29) is 35.7 Å². The summed E-state index contributed by atoms with van der Waals surface area (Å²) in [6.07, 6.45) is -0.452. The molecule has 0 spiro atoms. The van der Waals surface area contributed by atoms with Crippen LogP contribution in [-0.2, 0) is 4.74 Å². The molecule has 1 aromatic rings. The van der Waals surface area contributed by atoms with Crippen molar-refractivity contribution in [2.75, 3.05) is 19.6 Å². The lowest BCUT2D eigenvalue weighted by atomic mass is 10.1. The summed E-state index contributed by atoms with van der Waals surface area (Å²) in [4.78, 5) is 27.6. The van der Waals surface area contributed by atoms with E-state index in [9.17, 15) is 18.4 Å². The van der Waals surface area contributed by atoms with E-state index in [4.69, 9.17) is 4.74 Å². The molecule has 2 rings (SSSR count). The van der Waals surface area contributed by atoms with Crippen LogP contribution in [0.1, 0.15) is 38.1 Å². The average molecular weight is 419 g/mol. The Kier molecular flexibility index (Phi) is 5.71. The third-order valence-electron chi connectivity index (χ3n) is 3.81. The molecule has 0 aromatic heterocycles. The molecule has 0 saturated carbocycles. The molecule has 5 nitrogen and oxygen atoms in total. The smallest absolute Gasteiger partial charge is 0.410 e. The number of nitrogens with zero attached hydrogens (tertiary/aromatic N) is 2. The van der Waals surface area contributed by atoms with E-state index in [2.05, 4.69) is 15.9 Å². The number of ether oxygens (including phenoxy) is 1. The van der Waals surface area contributed by atoms with Crippen LogP contribution in [0.3, 0.4) is 0 Å². The molecule has 1 aliphatic heterocycles. The maximum atomic E-state index is 14.0. The van der Waals surface area contributed by atoms with E-state index in [1.165, 1.54) is 21.9 Å². The summed E-state index contributed by atoms with van der Waals surface area (Å²) in [6, 6.07) is 2.20. The van der Waals surface area contributed by atoms with Gasteiger partial charge in [-0.3, -0.25) is 4.79 Å². The molecule has 0 unspecified atom stereocenters. The van der Waals surface area contributed by atoms with Gasteiger partial charge in [-0.05, 0) is 55.8 Å². The SMILES string of the molecule is C[C@@H]1CN(C(=O)OC(C)(C)C)CCN1C(=O)c1ccc(Br)c(F)c1F. The predicted octanol–water partition coefficient (Wildman–Crippen LogP) is 3.81. The number of amides is 2. The van der Waals surface area contributed by atoms with Gasteiger partial charge in [0, 0.05) is 25.7 Å². The fourth-order valence-electron chi connectivity index (χ4n) is 2.60. The van der Waals surface area contributed by atoms with Crippen molar-refractivity contribution in [1.82, 2.24) is 9.80 Å². The Morgan fingerprint density at radius 3 is 2.40 bits per heavy atom. The minimum absolute atomic E-state index is 0.0376. The topological polar surface area (TPSA) is 49.9 Å². The van der Waals surface area contributed by atoms with Crippen LogP contribution in [0, 0.1) is 11.6 Å². The minimum atomic E-state index is -1.18. The quantitative estimate of drug-likeness (QED) is 0.651. The van der Waals surface area contributed by atoms with Gasteiger partial charge in [-0.15, -0.1) is 0 Å². The first-order valence-electron chi connectivity index (χ1n) is 7.93. The fourth-order valence-corrected chi connectivity index (χ4v) is 2.90. The van der Waals surface area contributed by atoms with Crippen LogP contribution in [-0.4, -0.2) is 53.1 Å². The largest absolute Gasteiger partial charge is 0.444 e. The van der Waals surface area contributed by atoms with Crippen LogP contribution >= 0.6 is 15.9 Å². The van der Waals surface area contributed by atoms with Crippen LogP contribution < -0.4 is 0 Å². The number of halogens is 3. The van der Waals surface area contributed by atoms with Crippen LogP contribution in [0.2, 0.25) is 0 Å². The zero-order valence-corrected chi connectivity index (χ0v) is 16.2. The lowest BCUT2D eigenvalue weighted by molar-refractivity contribution is 0.00606. The number of piperazine rings is 1. The summed E-state index contributed by atoms with van der Waals surface area (Å²) in [5.41, 5.74) is -0.927. The summed E-state index contributed by atoms with van der Waals surface area (Å²) in [7, 11) is 0. The standard InChI is InChI=1S/C17H21BrF2N2O3/c1-10-9-21(16(24)25-17(2,3)4)7-8-22(10)15(23)11-5-6-12(18)14(20)13(11)19/h5-6,10H,7-9H2,1-4H3/t10-/m1/s1. The molecule has 0 N–H and O–H groups in total. The van der Waals surface area contributed by atoms with E-state index in [1.807, 2.05) is 0 Å². The van der Waals surface area contributed by atoms with Crippen LogP contribution in [0.5, 0.6) is 0 Å². The highest BCUT2D eigenvalue weighted by Gasteiger charge is 2.33. The van der Waals surface area contributed by atoms with Crippen molar-refractivity contribution < 1.29 is 23.1 Å². The number of carbonyl (C=O) groups excluding carboxylic acids is 2. The van der Waals surface area contributed by atoms with Gasteiger partial charge in [0.05, 0.1) is 10.0 Å². The van der Waals surface area contributed by atoms with Crippen molar-refractivity contribution in [2.45, 2.75) is 39.3 Å². The van der Waals surface area contributed by atoms with E-state index >= 15 is 0 Å². The minimum Gasteiger partial charge on any atom is -0.444 e. The zero-order valence-electron chi connectivity index (χ0n) is 14.6. The second-order valence-corrected chi connectivity index (χ2v) is 7.85. The molecule has 0 radical (unpaired) electrons. The lowest BCUT2D eigenvalue weighted by Crippen LogP contribution is -2.56. The van der Waals surface area contributed by atoms with E-state index < -0.39 is 29.2 Å². The van der Waals surface area contributed by atoms with Gasteiger partial charge in [-0.2, -0.15) is 0 Å². The molecule has 8 heteroatoms.